The Morgan fingerprint density at radius 1 is 1.43 bits per heavy atom. The van der Waals surface area contributed by atoms with Crippen molar-refractivity contribution in [3.05, 3.63) is 28.3 Å². The summed E-state index contributed by atoms with van der Waals surface area (Å²) in [5, 5.41) is 16.8. The van der Waals surface area contributed by atoms with Gasteiger partial charge in [-0.05, 0) is 32.9 Å². The summed E-state index contributed by atoms with van der Waals surface area (Å²) in [6.45, 7) is 5.89. The quantitative estimate of drug-likeness (QED) is 0.594. The average Bonchev–Trinajstić information content (AvgIpc) is 2.44. The molecule has 7 heteroatoms. The monoisotopic (exact) mass is 295 g/mol. The van der Waals surface area contributed by atoms with E-state index in [0.717, 1.165) is 0 Å². The van der Waals surface area contributed by atoms with Crippen LogP contribution in [0.15, 0.2) is 18.2 Å². The Labute approximate surface area is 123 Å². The maximum atomic E-state index is 11.7. The van der Waals surface area contributed by atoms with Crippen LogP contribution in [0.3, 0.4) is 0 Å². The predicted octanol–water partition coefficient (Wildman–Crippen LogP) is 2.18. The predicted molar refractivity (Wildman–Crippen MR) is 80.6 cm³/mol. The number of hydrogen-bond donors (Lipinski definition) is 2. The van der Waals surface area contributed by atoms with Gasteiger partial charge in [0.05, 0.1) is 16.9 Å². The Bertz CT molecular complexity index is 529. The summed E-state index contributed by atoms with van der Waals surface area (Å²) < 4.78 is 5.28. The van der Waals surface area contributed by atoms with E-state index in [2.05, 4.69) is 10.6 Å². The highest BCUT2D eigenvalue weighted by atomic mass is 16.6. The van der Waals surface area contributed by atoms with E-state index in [1.165, 1.54) is 0 Å². The molecule has 0 unspecified atom stereocenters. The molecular formula is C14H21N3O4. The molecule has 21 heavy (non-hydrogen) atoms. The van der Waals surface area contributed by atoms with Crippen LogP contribution in [0, 0.1) is 15.5 Å². The van der Waals surface area contributed by atoms with Gasteiger partial charge in [-0.15, -0.1) is 0 Å². The lowest BCUT2D eigenvalue weighted by Crippen LogP contribution is -2.39. The van der Waals surface area contributed by atoms with Gasteiger partial charge in [-0.25, -0.2) is 0 Å². The number of rotatable bonds is 7. The number of para-hydroxylation sites is 1. The molecule has 0 aliphatic carbocycles. The number of hydrogen-bond acceptors (Lipinski definition) is 5. The Kier molecular flexibility index (Phi) is 5.52. The summed E-state index contributed by atoms with van der Waals surface area (Å²) in [6.07, 6.45) is 0. The second kappa shape index (κ2) is 6.92. The van der Waals surface area contributed by atoms with Crippen molar-refractivity contribution in [1.82, 2.24) is 5.32 Å². The highest BCUT2D eigenvalue weighted by Crippen LogP contribution is 2.35. The Hall–Kier alpha value is -2.31. The molecule has 0 heterocycles. The number of nitro benzene ring substituents is 1. The Morgan fingerprint density at radius 2 is 2.10 bits per heavy atom. The SMILES string of the molecule is CCOc1cccc(NCC(C)(C)C(=O)NC)c1[N+](=O)[O-]. The van der Waals surface area contributed by atoms with Crippen LogP contribution in [0.4, 0.5) is 11.4 Å². The van der Waals surface area contributed by atoms with Crippen LogP contribution in [-0.2, 0) is 4.79 Å². The molecule has 0 aromatic heterocycles. The molecule has 0 bridgehead atoms. The van der Waals surface area contributed by atoms with E-state index in [1.807, 2.05) is 0 Å². The molecule has 0 spiro atoms. The third-order valence-electron chi connectivity index (χ3n) is 3.04. The van der Waals surface area contributed by atoms with Gasteiger partial charge in [0.1, 0.15) is 5.69 Å². The van der Waals surface area contributed by atoms with Crippen LogP contribution in [0.2, 0.25) is 0 Å². The van der Waals surface area contributed by atoms with Gasteiger partial charge in [-0.2, -0.15) is 0 Å². The van der Waals surface area contributed by atoms with Gasteiger partial charge < -0.3 is 15.4 Å². The van der Waals surface area contributed by atoms with Crippen LogP contribution < -0.4 is 15.4 Å². The van der Waals surface area contributed by atoms with Gasteiger partial charge >= 0.3 is 5.69 Å². The number of benzene rings is 1. The molecule has 0 aliphatic heterocycles. The van der Waals surface area contributed by atoms with E-state index in [0.29, 0.717) is 12.3 Å². The second-order valence-corrected chi connectivity index (χ2v) is 5.16. The van der Waals surface area contributed by atoms with Crippen LogP contribution in [0.25, 0.3) is 0 Å². The summed E-state index contributed by atoms with van der Waals surface area (Å²) in [5.74, 6) is 0.0730. The van der Waals surface area contributed by atoms with E-state index in [-0.39, 0.29) is 23.9 Å². The highest BCUT2D eigenvalue weighted by molar-refractivity contribution is 5.82. The number of carbonyl (C=O) groups excluding carboxylic acids is 1. The molecule has 0 atom stereocenters. The van der Waals surface area contributed by atoms with Crippen molar-refractivity contribution in [2.45, 2.75) is 20.8 Å². The summed E-state index contributed by atoms with van der Waals surface area (Å²) in [5.41, 5.74) is -0.473. The summed E-state index contributed by atoms with van der Waals surface area (Å²) in [4.78, 5) is 22.5. The number of anilines is 1. The first-order chi connectivity index (χ1) is 9.83. The standard InChI is InChI=1S/C14H21N3O4/c1-5-21-11-8-6-7-10(12(11)17(19)20)16-9-14(2,3)13(18)15-4/h6-8,16H,5,9H2,1-4H3,(H,15,18). The van der Waals surface area contributed by atoms with Gasteiger partial charge in [0.2, 0.25) is 5.91 Å². The maximum absolute atomic E-state index is 11.7. The van der Waals surface area contributed by atoms with Gasteiger partial charge in [0.25, 0.3) is 0 Å². The van der Waals surface area contributed by atoms with Gasteiger partial charge in [0, 0.05) is 13.6 Å². The highest BCUT2D eigenvalue weighted by Gasteiger charge is 2.28. The van der Waals surface area contributed by atoms with Crippen molar-refractivity contribution in [3.8, 4) is 5.75 Å². The summed E-state index contributed by atoms with van der Waals surface area (Å²) >= 11 is 0. The zero-order chi connectivity index (χ0) is 16.0. The molecule has 7 nitrogen and oxygen atoms in total. The van der Waals surface area contributed by atoms with Crippen LogP contribution >= 0.6 is 0 Å². The topological polar surface area (TPSA) is 93.5 Å². The third-order valence-corrected chi connectivity index (χ3v) is 3.04. The van der Waals surface area contributed by atoms with Crippen LogP contribution in [-0.4, -0.2) is 31.0 Å². The normalized spacial score (nSPS) is 10.9. The van der Waals surface area contributed by atoms with E-state index in [1.54, 1.807) is 46.0 Å². The lowest BCUT2D eigenvalue weighted by molar-refractivity contribution is -0.384. The lowest BCUT2D eigenvalue weighted by atomic mass is 9.92. The number of amides is 1. The first-order valence-electron chi connectivity index (χ1n) is 6.69. The smallest absolute Gasteiger partial charge is 0.333 e. The van der Waals surface area contributed by atoms with Crippen molar-refractivity contribution in [2.24, 2.45) is 5.41 Å². The fourth-order valence-electron chi connectivity index (χ4n) is 1.86. The largest absolute Gasteiger partial charge is 0.487 e. The molecule has 1 aromatic carbocycles. The fourth-order valence-corrected chi connectivity index (χ4v) is 1.86. The lowest BCUT2D eigenvalue weighted by Gasteiger charge is -2.23. The molecule has 0 fully saturated rings. The molecule has 0 saturated carbocycles. The molecule has 1 amide bonds. The number of nitrogens with one attached hydrogen (secondary N) is 2. The number of ether oxygens (including phenoxy) is 1. The maximum Gasteiger partial charge on any atom is 0.333 e. The molecule has 1 aromatic rings. The molecule has 116 valence electrons. The van der Waals surface area contributed by atoms with E-state index >= 15 is 0 Å². The Balaban J connectivity index is 3.01. The van der Waals surface area contributed by atoms with Crippen molar-refractivity contribution in [3.63, 3.8) is 0 Å². The molecule has 1 rings (SSSR count). The second-order valence-electron chi connectivity index (χ2n) is 5.16. The Morgan fingerprint density at radius 3 is 2.62 bits per heavy atom. The minimum Gasteiger partial charge on any atom is -0.487 e. The molecule has 0 radical (unpaired) electrons. The van der Waals surface area contributed by atoms with Crippen molar-refractivity contribution in [2.75, 3.05) is 25.5 Å². The third kappa shape index (κ3) is 4.08. The molecule has 2 N–H and O–H groups in total. The van der Waals surface area contributed by atoms with Gasteiger partial charge in [0.15, 0.2) is 5.75 Å². The molecule has 0 aliphatic rings. The van der Waals surface area contributed by atoms with E-state index in [9.17, 15) is 14.9 Å². The number of nitrogens with zero attached hydrogens (tertiary/aromatic N) is 1. The molecule has 0 saturated heterocycles. The number of nitro groups is 1. The molecular weight excluding hydrogens is 274 g/mol. The first kappa shape index (κ1) is 16.7. The van der Waals surface area contributed by atoms with Crippen molar-refractivity contribution in [1.29, 1.82) is 0 Å². The van der Waals surface area contributed by atoms with Crippen LogP contribution in [0.5, 0.6) is 5.75 Å². The minimum absolute atomic E-state index is 0.118. The fraction of sp³-hybridized carbons (Fsp3) is 0.500. The van der Waals surface area contributed by atoms with E-state index < -0.39 is 10.3 Å². The minimum atomic E-state index is -0.690. The van der Waals surface area contributed by atoms with Crippen LogP contribution in [0.1, 0.15) is 20.8 Å². The van der Waals surface area contributed by atoms with Gasteiger partial charge in [-0.1, -0.05) is 6.07 Å². The first-order valence-corrected chi connectivity index (χ1v) is 6.69. The van der Waals surface area contributed by atoms with Gasteiger partial charge in [-0.3, -0.25) is 14.9 Å². The zero-order valence-corrected chi connectivity index (χ0v) is 12.7. The summed E-state index contributed by atoms with van der Waals surface area (Å²) in [6, 6.07) is 4.82. The summed E-state index contributed by atoms with van der Waals surface area (Å²) in [7, 11) is 1.56. The van der Waals surface area contributed by atoms with Crippen molar-refractivity contribution >= 4 is 17.3 Å². The van der Waals surface area contributed by atoms with E-state index in [4.69, 9.17) is 4.74 Å². The average molecular weight is 295 g/mol. The van der Waals surface area contributed by atoms with Crippen molar-refractivity contribution < 1.29 is 14.5 Å². The zero-order valence-electron chi connectivity index (χ0n) is 12.7. The number of carbonyl (C=O) groups is 1.